The number of epoxide rings is 1. The molecule has 2 fully saturated rings. The second-order valence-electron chi connectivity index (χ2n) is 6.17. The molecule has 1 atom stereocenters. The summed E-state index contributed by atoms with van der Waals surface area (Å²) in [6.07, 6.45) is 0. The highest BCUT2D eigenvalue weighted by atomic mass is 16.6. The number of rotatable bonds is 2. The van der Waals surface area contributed by atoms with Crippen molar-refractivity contribution in [2.75, 3.05) is 32.8 Å². The predicted octanol–water partition coefficient (Wildman–Crippen LogP) is 0.718. The number of amides is 1. The zero-order valence-corrected chi connectivity index (χ0v) is 10.7. The highest BCUT2D eigenvalue weighted by Crippen LogP contribution is 2.28. The van der Waals surface area contributed by atoms with Crippen molar-refractivity contribution in [1.82, 2.24) is 9.80 Å². The highest BCUT2D eigenvalue weighted by Gasteiger charge is 2.42. The van der Waals surface area contributed by atoms with Gasteiger partial charge in [0, 0.05) is 25.2 Å². The fourth-order valence-corrected chi connectivity index (χ4v) is 2.25. The molecule has 0 N–H and O–H groups in total. The molecule has 1 amide bonds. The molecule has 92 valence electrons. The van der Waals surface area contributed by atoms with Gasteiger partial charge in [0.2, 0.25) is 5.91 Å². The van der Waals surface area contributed by atoms with Gasteiger partial charge in [0.25, 0.3) is 0 Å². The molecule has 0 bridgehead atoms. The van der Waals surface area contributed by atoms with E-state index >= 15 is 0 Å². The molecule has 1 unspecified atom stereocenters. The van der Waals surface area contributed by atoms with Crippen LogP contribution in [0.2, 0.25) is 0 Å². The maximum atomic E-state index is 12.0. The first kappa shape index (κ1) is 11.9. The van der Waals surface area contributed by atoms with Crippen LogP contribution in [0.5, 0.6) is 0 Å². The standard InChI is InChI=1S/C12H22N2O2/c1-11(2,3)14-6-5-13(7-10(14)15)8-12(4)9-16-12/h5-9H2,1-4H3. The monoisotopic (exact) mass is 226 g/mol. The van der Waals surface area contributed by atoms with Crippen LogP contribution >= 0.6 is 0 Å². The van der Waals surface area contributed by atoms with Crippen LogP contribution in [0.4, 0.5) is 0 Å². The molecule has 2 aliphatic rings. The van der Waals surface area contributed by atoms with E-state index in [9.17, 15) is 4.79 Å². The minimum Gasteiger partial charge on any atom is -0.369 e. The van der Waals surface area contributed by atoms with Gasteiger partial charge in [-0.2, -0.15) is 0 Å². The Balaban J connectivity index is 1.90. The lowest BCUT2D eigenvalue weighted by Crippen LogP contribution is -2.57. The highest BCUT2D eigenvalue weighted by molar-refractivity contribution is 5.79. The zero-order chi connectivity index (χ0) is 12.0. The number of piperazine rings is 1. The molecule has 16 heavy (non-hydrogen) atoms. The summed E-state index contributed by atoms with van der Waals surface area (Å²) in [5.74, 6) is 0.239. The molecule has 0 saturated carbocycles. The molecule has 2 aliphatic heterocycles. The number of ether oxygens (including phenoxy) is 1. The van der Waals surface area contributed by atoms with E-state index < -0.39 is 0 Å². The van der Waals surface area contributed by atoms with Crippen molar-refractivity contribution in [1.29, 1.82) is 0 Å². The van der Waals surface area contributed by atoms with Crippen molar-refractivity contribution in [3.63, 3.8) is 0 Å². The Morgan fingerprint density at radius 2 is 2.00 bits per heavy atom. The Kier molecular flexibility index (Phi) is 2.75. The summed E-state index contributed by atoms with van der Waals surface area (Å²) in [6, 6.07) is 0. The largest absolute Gasteiger partial charge is 0.369 e. The summed E-state index contributed by atoms with van der Waals surface area (Å²) in [7, 11) is 0. The normalized spacial score (nSPS) is 32.0. The van der Waals surface area contributed by atoms with Crippen molar-refractivity contribution in [3.05, 3.63) is 0 Å². The summed E-state index contributed by atoms with van der Waals surface area (Å²) in [5.41, 5.74) is -0.0344. The van der Waals surface area contributed by atoms with Crippen molar-refractivity contribution < 1.29 is 9.53 Å². The van der Waals surface area contributed by atoms with Gasteiger partial charge in [-0.05, 0) is 27.7 Å². The van der Waals surface area contributed by atoms with Gasteiger partial charge in [-0.1, -0.05) is 0 Å². The van der Waals surface area contributed by atoms with Crippen LogP contribution in [0.1, 0.15) is 27.7 Å². The van der Waals surface area contributed by atoms with Gasteiger partial charge in [0.05, 0.1) is 13.2 Å². The number of carbonyl (C=O) groups is 1. The Labute approximate surface area is 97.5 Å². The molecule has 0 aliphatic carbocycles. The Bertz CT molecular complexity index is 292. The molecule has 2 saturated heterocycles. The lowest BCUT2D eigenvalue weighted by atomic mass is 10.0. The molecule has 2 rings (SSSR count). The average Bonchev–Trinajstić information content (AvgIpc) is 2.80. The molecule has 0 radical (unpaired) electrons. The first-order valence-corrected chi connectivity index (χ1v) is 5.97. The van der Waals surface area contributed by atoms with Gasteiger partial charge in [-0.15, -0.1) is 0 Å². The third-order valence-corrected chi connectivity index (χ3v) is 3.30. The van der Waals surface area contributed by atoms with Crippen molar-refractivity contribution >= 4 is 5.91 Å². The van der Waals surface area contributed by atoms with E-state index in [1.165, 1.54) is 0 Å². The van der Waals surface area contributed by atoms with E-state index in [0.717, 1.165) is 26.2 Å². The fourth-order valence-electron chi connectivity index (χ4n) is 2.25. The van der Waals surface area contributed by atoms with Gasteiger partial charge in [-0.25, -0.2) is 0 Å². The quantitative estimate of drug-likeness (QED) is 0.651. The third-order valence-electron chi connectivity index (χ3n) is 3.30. The molecule has 0 aromatic heterocycles. The minimum atomic E-state index is -0.0524. The molecule has 4 heteroatoms. The SMILES string of the molecule is CC1(CN2CCN(C(C)(C)C)C(=O)C2)CO1. The average molecular weight is 226 g/mol. The molecule has 0 aromatic carbocycles. The first-order chi connectivity index (χ1) is 7.30. The Morgan fingerprint density at radius 3 is 2.44 bits per heavy atom. The van der Waals surface area contributed by atoms with Crippen LogP contribution in [0.25, 0.3) is 0 Å². The molecular weight excluding hydrogens is 204 g/mol. The summed E-state index contributed by atoms with van der Waals surface area (Å²) in [4.78, 5) is 16.2. The van der Waals surface area contributed by atoms with E-state index in [1.807, 2.05) is 4.90 Å². The fraction of sp³-hybridized carbons (Fsp3) is 0.917. The smallest absolute Gasteiger partial charge is 0.237 e. The molecule has 0 spiro atoms. The number of carbonyl (C=O) groups excluding carboxylic acids is 1. The topological polar surface area (TPSA) is 36.1 Å². The van der Waals surface area contributed by atoms with Gasteiger partial charge >= 0.3 is 0 Å². The van der Waals surface area contributed by atoms with E-state index in [0.29, 0.717) is 6.54 Å². The van der Waals surface area contributed by atoms with Gasteiger partial charge < -0.3 is 9.64 Å². The molecular formula is C12H22N2O2. The molecule has 2 heterocycles. The Hall–Kier alpha value is -0.610. The van der Waals surface area contributed by atoms with Crippen molar-refractivity contribution in [2.45, 2.75) is 38.8 Å². The van der Waals surface area contributed by atoms with Crippen molar-refractivity contribution in [3.8, 4) is 0 Å². The van der Waals surface area contributed by atoms with Crippen LogP contribution in [-0.2, 0) is 9.53 Å². The van der Waals surface area contributed by atoms with Gasteiger partial charge in [-0.3, -0.25) is 9.69 Å². The first-order valence-electron chi connectivity index (χ1n) is 5.97. The maximum Gasteiger partial charge on any atom is 0.237 e. The summed E-state index contributed by atoms with van der Waals surface area (Å²) in [5, 5.41) is 0. The number of hydrogen-bond donors (Lipinski definition) is 0. The van der Waals surface area contributed by atoms with Crippen LogP contribution < -0.4 is 0 Å². The third kappa shape index (κ3) is 2.55. The van der Waals surface area contributed by atoms with Crippen LogP contribution in [0.15, 0.2) is 0 Å². The van der Waals surface area contributed by atoms with Gasteiger partial charge in [0.15, 0.2) is 0 Å². The number of hydrogen-bond acceptors (Lipinski definition) is 3. The van der Waals surface area contributed by atoms with Gasteiger partial charge in [0.1, 0.15) is 5.60 Å². The maximum absolute atomic E-state index is 12.0. The summed E-state index contributed by atoms with van der Waals surface area (Å²) in [6.45, 7) is 12.4. The summed E-state index contributed by atoms with van der Waals surface area (Å²) < 4.78 is 5.36. The van der Waals surface area contributed by atoms with E-state index in [1.54, 1.807) is 0 Å². The number of nitrogens with zero attached hydrogens (tertiary/aromatic N) is 2. The van der Waals surface area contributed by atoms with E-state index in [2.05, 4.69) is 32.6 Å². The van der Waals surface area contributed by atoms with E-state index in [4.69, 9.17) is 4.74 Å². The Morgan fingerprint density at radius 1 is 1.38 bits per heavy atom. The second kappa shape index (κ2) is 3.70. The molecule has 0 aromatic rings. The molecule has 4 nitrogen and oxygen atoms in total. The van der Waals surface area contributed by atoms with Crippen LogP contribution in [0, 0.1) is 0 Å². The summed E-state index contributed by atoms with van der Waals surface area (Å²) >= 11 is 0. The lowest BCUT2D eigenvalue weighted by molar-refractivity contribution is -0.141. The lowest BCUT2D eigenvalue weighted by Gasteiger charge is -2.42. The zero-order valence-electron chi connectivity index (χ0n) is 10.7. The van der Waals surface area contributed by atoms with E-state index in [-0.39, 0.29) is 17.0 Å². The van der Waals surface area contributed by atoms with Crippen molar-refractivity contribution in [2.24, 2.45) is 0 Å². The van der Waals surface area contributed by atoms with Crippen LogP contribution in [0.3, 0.4) is 0 Å². The van der Waals surface area contributed by atoms with Crippen LogP contribution in [-0.4, -0.2) is 59.6 Å². The second-order valence-corrected chi connectivity index (χ2v) is 6.17. The minimum absolute atomic E-state index is 0.0180. The predicted molar refractivity (Wildman–Crippen MR) is 62.3 cm³/mol.